The van der Waals surface area contributed by atoms with E-state index in [1.165, 1.54) is 12.1 Å². The van der Waals surface area contributed by atoms with Crippen LogP contribution >= 0.6 is 0 Å². The summed E-state index contributed by atoms with van der Waals surface area (Å²) in [7, 11) is -1.71. The zero-order valence-electron chi connectivity index (χ0n) is 13.4. The summed E-state index contributed by atoms with van der Waals surface area (Å²) in [6.45, 7) is 1.90. The second-order valence-corrected chi connectivity index (χ2v) is 7.07. The second-order valence-electron chi connectivity index (χ2n) is 5.62. The predicted molar refractivity (Wildman–Crippen MR) is 92.7 cm³/mol. The fourth-order valence-electron chi connectivity index (χ4n) is 2.61. The van der Waals surface area contributed by atoms with Crippen LogP contribution in [0, 0.1) is 6.92 Å². The summed E-state index contributed by atoms with van der Waals surface area (Å²) in [4.78, 5) is 0.631. The van der Waals surface area contributed by atoms with Crippen LogP contribution in [0.2, 0.25) is 0 Å². The minimum absolute atomic E-state index is 0.0329. The maximum Gasteiger partial charge on any atom is 0.417 e. The van der Waals surface area contributed by atoms with Gasteiger partial charge in [0.25, 0.3) is 0 Å². The first-order valence-corrected chi connectivity index (χ1v) is 8.77. The van der Waals surface area contributed by atoms with Gasteiger partial charge in [-0.05, 0) is 36.8 Å². The molecular formula is C20H15F3OS. The van der Waals surface area contributed by atoms with E-state index in [0.717, 1.165) is 11.6 Å². The Labute approximate surface area is 146 Å². The van der Waals surface area contributed by atoms with Crippen molar-refractivity contribution in [1.82, 2.24) is 0 Å². The zero-order valence-corrected chi connectivity index (χ0v) is 14.2. The standard InChI is InChI=1S/C20H15F3OS/c1-14-10-12-16(13-11-14)25(24)18-9-5-8-17(20(21,22)23)19(18)15-6-3-2-4-7-15/h2-13H,1H3/t25-/m0/s1. The normalized spacial score (nSPS) is 12.8. The fourth-order valence-corrected chi connectivity index (χ4v) is 3.87. The van der Waals surface area contributed by atoms with Gasteiger partial charge in [0.05, 0.1) is 21.3 Å². The molecule has 0 saturated carbocycles. The van der Waals surface area contributed by atoms with Crippen LogP contribution in [0.25, 0.3) is 11.1 Å². The first-order chi connectivity index (χ1) is 11.9. The molecule has 1 nitrogen and oxygen atoms in total. The minimum Gasteiger partial charge on any atom is -0.249 e. The third kappa shape index (κ3) is 3.66. The third-order valence-corrected chi connectivity index (χ3v) is 5.27. The summed E-state index contributed by atoms with van der Waals surface area (Å²) < 4.78 is 53.6. The molecule has 0 saturated heterocycles. The Balaban J connectivity index is 2.23. The van der Waals surface area contributed by atoms with Gasteiger partial charge in [-0.25, -0.2) is 4.21 Å². The van der Waals surface area contributed by atoms with Crippen molar-refractivity contribution < 1.29 is 17.4 Å². The summed E-state index contributed by atoms with van der Waals surface area (Å²) in [6.07, 6.45) is -4.53. The lowest BCUT2D eigenvalue weighted by atomic mass is 9.99. The van der Waals surface area contributed by atoms with Crippen molar-refractivity contribution in [3.63, 3.8) is 0 Å². The molecule has 0 aromatic heterocycles. The van der Waals surface area contributed by atoms with E-state index in [1.807, 2.05) is 6.92 Å². The van der Waals surface area contributed by atoms with Gasteiger partial charge in [-0.3, -0.25) is 0 Å². The molecule has 0 aliphatic rings. The molecule has 5 heteroatoms. The highest BCUT2D eigenvalue weighted by Crippen LogP contribution is 2.40. The molecule has 0 unspecified atom stereocenters. The Morgan fingerprint density at radius 1 is 0.800 bits per heavy atom. The van der Waals surface area contributed by atoms with Crippen molar-refractivity contribution in [1.29, 1.82) is 0 Å². The fraction of sp³-hybridized carbons (Fsp3) is 0.100. The molecule has 0 aliphatic heterocycles. The van der Waals surface area contributed by atoms with E-state index >= 15 is 0 Å². The lowest BCUT2D eigenvalue weighted by molar-refractivity contribution is -0.137. The average molecular weight is 360 g/mol. The topological polar surface area (TPSA) is 17.1 Å². The number of hydrogen-bond acceptors (Lipinski definition) is 1. The Bertz CT molecular complexity index is 900. The van der Waals surface area contributed by atoms with E-state index in [4.69, 9.17) is 0 Å². The first kappa shape index (κ1) is 17.4. The summed E-state index contributed by atoms with van der Waals surface area (Å²) in [5, 5.41) is 0. The molecular weight excluding hydrogens is 345 g/mol. The minimum atomic E-state index is -4.53. The molecule has 0 aliphatic carbocycles. The van der Waals surface area contributed by atoms with Gasteiger partial charge in [-0.1, -0.05) is 54.1 Å². The second kappa shape index (κ2) is 6.84. The highest BCUT2D eigenvalue weighted by atomic mass is 32.2. The maximum atomic E-state index is 13.5. The number of aryl methyl sites for hydroxylation is 1. The monoisotopic (exact) mass is 360 g/mol. The number of halogens is 3. The SMILES string of the molecule is Cc1ccc([S@](=O)c2cccc(C(F)(F)F)c2-c2ccccc2)cc1. The number of alkyl halides is 3. The van der Waals surface area contributed by atoms with Gasteiger partial charge in [-0.15, -0.1) is 0 Å². The number of rotatable bonds is 3. The summed E-state index contributed by atoms with van der Waals surface area (Å²) in [5.41, 5.74) is 0.574. The molecule has 25 heavy (non-hydrogen) atoms. The Hall–Kier alpha value is -2.40. The van der Waals surface area contributed by atoms with Crippen molar-refractivity contribution in [3.05, 3.63) is 83.9 Å². The van der Waals surface area contributed by atoms with Crippen LogP contribution in [0.15, 0.2) is 82.6 Å². The molecule has 0 heterocycles. The van der Waals surface area contributed by atoms with Gasteiger partial charge in [0.1, 0.15) is 0 Å². The van der Waals surface area contributed by atoms with Crippen LogP contribution in [0.3, 0.4) is 0 Å². The van der Waals surface area contributed by atoms with E-state index in [1.54, 1.807) is 54.6 Å². The maximum absolute atomic E-state index is 13.5. The van der Waals surface area contributed by atoms with Crippen LogP contribution in [-0.2, 0) is 17.0 Å². The molecule has 3 aromatic carbocycles. The molecule has 0 spiro atoms. The van der Waals surface area contributed by atoms with Crippen LogP contribution in [-0.4, -0.2) is 4.21 Å². The Morgan fingerprint density at radius 3 is 2.04 bits per heavy atom. The van der Waals surface area contributed by atoms with Gasteiger partial charge < -0.3 is 0 Å². The van der Waals surface area contributed by atoms with E-state index in [-0.39, 0.29) is 10.5 Å². The van der Waals surface area contributed by atoms with E-state index in [9.17, 15) is 17.4 Å². The Morgan fingerprint density at radius 2 is 1.44 bits per heavy atom. The zero-order chi connectivity index (χ0) is 18.0. The highest BCUT2D eigenvalue weighted by molar-refractivity contribution is 7.85. The largest absolute Gasteiger partial charge is 0.417 e. The van der Waals surface area contributed by atoms with Gasteiger partial charge in [0, 0.05) is 10.5 Å². The molecule has 0 N–H and O–H groups in total. The van der Waals surface area contributed by atoms with Crippen molar-refractivity contribution >= 4 is 10.8 Å². The van der Waals surface area contributed by atoms with Crippen LogP contribution in [0.4, 0.5) is 13.2 Å². The summed E-state index contributed by atoms with van der Waals surface area (Å²) >= 11 is 0. The highest BCUT2D eigenvalue weighted by Gasteiger charge is 2.35. The molecule has 0 amide bonds. The van der Waals surface area contributed by atoms with Crippen LogP contribution in [0.5, 0.6) is 0 Å². The molecule has 1 atom stereocenters. The number of benzene rings is 3. The van der Waals surface area contributed by atoms with Crippen LogP contribution in [0.1, 0.15) is 11.1 Å². The van der Waals surface area contributed by atoms with Gasteiger partial charge >= 0.3 is 6.18 Å². The number of hydrogen-bond donors (Lipinski definition) is 0. The van der Waals surface area contributed by atoms with E-state index in [0.29, 0.717) is 10.5 Å². The van der Waals surface area contributed by atoms with Crippen molar-refractivity contribution in [3.8, 4) is 11.1 Å². The van der Waals surface area contributed by atoms with E-state index in [2.05, 4.69) is 0 Å². The average Bonchev–Trinajstić information content (AvgIpc) is 2.61. The molecule has 0 fully saturated rings. The van der Waals surface area contributed by atoms with Gasteiger partial charge in [-0.2, -0.15) is 13.2 Å². The van der Waals surface area contributed by atoms with Crippen LogP contribution < -0.4 is 0 Å². The molecule has 0 bridgehead atoms. The molecule has 128 valence electrons. The predicted octanol–water partition coefficient (Wildman–Crippen LogP) is 5.85. The van der Waals surface area contributed by atoms with Gasteiger partial charge in [0.2, 0.25) is 0 Å². The first-order valence-electron chi connectivity index (χ1n) is 7.62. The van der Waals surface area contributed by atoms with Crippen molar-refractivity contribution in [2.75, 3.05) is 0 Å². The smallest absolute Gasteiger partial charge is 0.249 e. The molecule has 3 aromatic rings. The van der Waals surface area contributed by atoms with E-state index < -0.39 is 22.5 Å². The van der Waals surface area contributed by atoms with Crippen molar-refractivity contribution in [2.24, 2.45) is 0 Å². The lowest BCUT2D eigenvalue weighted by Gasteiger charge is -2.17. The summed E-state index contributed by atoms with van der Waals surface area (Å²) in [5.74, 6) is 0. The molecule has 3 rings (SSSR count). The summed E-state index contributed by atoms with van der Waals surface area (Å²) in [6, 6.07) is 19.0. The Kier molecular flexibility index (Phi) is 4.77. The van der Waals surface area contributed by atoms with Crippen molar-refractivity contribution in [2.45, 2.75) is 22.9 Å². The third-order valence-electron chi connectivity index (χ3n) is 3.83. The lowest BCUT2D eigenvalue weighted by Crippen LogP contribution is -2.09. The van der Waals surface area contributed by atoms with Gasteiger partial charge in [0.15, 0.2) is 0 Å². The molecule has 0 radical (unpaired) electrons. The quantitative estimate of drug-likeness (QED) is 0.573.